The molecule has 3 rings (SSSR count). The Balaban J connectivity index is 0.00000108. The van der Waals surface area contributed by atoms with Gasteiger partial charge in [-0.15, -0.1) is 12.4 Å². The number of hydrogen-bond donors (Lipinski definition) is 1. The average Bonchev–Trinajstić information content (AvgIpc) is 2.66. The van der Waals surface area contributed by atoms with Crippen molar-refractivity contribution in [1.29, 1.82) is 0 Å². The average molecular weight is 247 g/mol. The monoisotopic (exact) mass is 246 g/mol. The molecular weight excluding hydrogens is 232 g/mol. The van der Waals surface area contributed by atoms with Gasteiger partial charge in [0.15, 0.2) is 0 Å². The van der Waals surface area contributed by atoms with Crippen molar-refractivity contribution < 1.29 is 0 Å². The molecule has 1 aromatic carbocycles. The lowest BCUT2D eigenvalue weighted by Crippen LogP contribution is -1.85. The zero-order valence-corrected chi connectivity index (χ0v) is 10.7. The lowest BCUT2D eigenvalue weighted by atomic mass is 10.0. The molecule has 0 saturated carbocycles. The molecule has 0 aliphatic rings. The van der Waals surface area contributed by atoms with Crippen molar-refractivity contribution in [2.45, 2.75) is 19.8 Å². The number of fused-ring (bicyclic) bond motifs is 3. The van der Waals surface area contributed by atoms with Crippen LogP contribution in [0.2, 0.25) is 0 Å². The number of nitrogens with one attached hydrogen (secondary N) is 1. The van der Waals surface area contributed by atoms with Crippen LogP contribution in [0.1, 0.15) is 25.3 Å². The Morgan fingerprint density at radius 1 is 1.06 bits per heavy atom. The number of benzene rings is 1. The van der Waals surface area contributed by atoms with Gasteiger partial charge in [0.25, 0.3) is 0 Å². The van der Waals surface area contributed by atoms with Crippen molar-refractivity contribution >= 4 is 34.2 Å². The third-order valence-corrected chi connectivity index (χ3v) is 3.09. The summed E-state index contributed by atoms with van der Waals surface area (Å²) in [5, 5.41) is 2.53. The standard InChI is InChI=1S/C14H14N2.ClH/c1-9(2)10-3-4-11-12-5-6-15-8-14(12)16-13(11)7-10;/h3-9,16H,1-2H3;1H. The molecule has 88 valence electrons. The third-order valence-electron chi connectivity index (χ3n) is 3.09. The summed E-state index contributed by atoms with van der Waals surface area (Å²) in [5.41, 5.74) is 3.68. The zero-order valence-electron chi connectivity index (χ0n) is 9.90. The molecule has 2 heterocycles. The smallest absolute Gasteiger partial charge is 0.0651 e. The summed E-state index contributed by atoms with van der Waals surface area (Å²) < 4.78 is 0. The summed E-state index contributed by atoms with van der Waals surface area (Å²) in [5.74, 6) is 0.564. The largest absolute Gasteiger partial charge is 0.353 e. The van der Waals surface area contributed by atoms with Crippen LogP contribution in [0.3, 0.4) is 0 Å². The quantitative estimate of drug-likeness (QED) is 0.683. The highest BCUT2D eigenvalue weighted by molar-refractivity contribution is 6.06. The summed E-state index contributed by atoms with van der Waals surface area (Å²) in [7, 11) is 0. The molecule has 0 amide bonds. The molecule has 3 aromatic rings. The van der Waals surface area contributed by atoms with E-state index in [1.54, 1.807) is 0 Å². The molecule has 0 unspecified atom stereocenters. The highest BCUT2D eigenvalue weighted by Gasteiger charge is 2.05. The van der Waals surface area contributed by atoms with Gasteiger partial charge in [-0.3, -0.25) is 4.98 Å². The summed E-state index contributed by atoms with van der Waals surface area (Å²) in [6.45, 7) is 4.43. The van der Waals surface area contributed by atoms with E-state index >= 15 is 0 Å². The van der Waals surface area contributed by atoms with Crippen LogP contribution < -0.4 is 0 Å². The molecule has 0 aliphatic carbocycles. The molecule has 0 spiro atoms. The van der Waals surface area contributed by atoms with E-state index in [0.29, 0.717) is 5.92 Å². The third kappa shape index (κ3) is 1.89. The van der Waals surface area contributed by atoms with E-state index in [-0.39, 0.29) is 12.4 Å². The molecule has 0 aliphatic heterocycles. The van der Waals surface area contributed by atoms with Gasteiger partial charge < -0.3 is 4.98 Å². The van der Waals surface area contributed by atoms with Gasteiger partial charge in [-0.05, 0) is 23.6 Å². The molecule has 17 heavy (non-hydrogen) atoms. The van der Waals surface area contributed by atoms with Crippen LogP contribution in [0.25, 0.3) is 21.8 Å². The van der Waals surface area contributed by atoms with Crippen LogP contribution in [0, 0.1) is 0 Å². The predicted octanol–water partition coefficient (Wildman–Crippen LogP) is 4.26. The summed E-state index contributed by atoms with van der Waals surface area (Å²) >= 11 is 0. The normalized spacial score (nSPS) is 11.0. The Morgan fingerprint density at radius 2 is 1.82 bits per heavy atom. The minimum Gasteiger partial charge on any atom is -0.353 e. The van der Waals surface area contributed by atoms with Gasteiger partial charge in [-0.1, -0.05) is 26.0 Å². The number of rotatable bonds is 1. The van der Waals surface area contributed by atoms with E-state index < -0.39 is 0 Å². The van der Waals surface area contributed by atoms with Gasteiger partial charge >= 0.3 is 0 Å². The van der Waals surface area contributed by atoms with Gasteiger partial charge in [-0.2, -0.15) is 0 Å². The van der Waals surface area contributed by atoms with Crippen LogP contribution in [-0.4, -0.2) is 9.97 Å². The highest BCUT2D eigenvalue weighted by atomic mass is 35.5. The van der Waals surface area contributed by atoms with Crippen molar-refractivity contribution in [3.05, 3.63) is 42.2 Å². The fourth-order valence-electron chi connectivity index (χ4n) is 2.13. The molecule has 2 nitrogen and oxygen atoms in total. The first-order chi connectivity index (χ1) is 7.75. The Bertz CT molecular complexity index is 655. The Hall–Kier alpha value is -1.54. The topological polar surface area (TPSA) is 28.7 Å². The van der Waals surface area contributed by atoms with E-state index in [1.165, 1.54) is 21.9 Å². The highest BCUT2D eigenvalue weighted by Crippen LogP contribution is 2.27. The fourth-order valence-corrected chi connectivity index (χ4v) is 2.13. The van der Waals surface area contributed by atoms with Gasteiger partial charge in [0.05, 0.1) is 11.7 Å². The van der Waals surface area contributed by atoms with Crippen LogP contribution in [0.5, 0.6) is 0 Å². The van der Waals surface area contributed by atoms with E-state index in [4.69, 9.17) is 0 Å². The first kappa shape index (κ1) is 11.9. The Morgan fingerprint density at radius 3 is 2.59 bits per heavy atom. The van der Waals surface area contributed by atoms with Crippen LogP contribution in [-0.2, 0) is 0 Å². The number of hydrogen-bond acceptors (Lipinski definition) is 1. The predicted molar refractivity (Wildman–Crippen MR) is 74.9 cm³/mol. The summed E-state index contributed by atoms with van der Waals surface area (Å²) in [4.78, 5) is 7.55. The maximum absolute atomic E-state index is 4.13. The summed E-state index contributed by atoms with van der Waals surface area (Å²) in [6.07, 6.45) is 3.72. The molecule has 3 heteroatoms. The van der Waals surface area contributed by atoms with Crippen molar-refractivity contribution in [3.8, 4) is 0 Å². The fraction of sp³-hybridized carbons (Fsp3) is 0.214. The lowest BCUT2D eigenvalue weighted by Gasteiger charge is -2.04. The first-order valence-corrected chi connectivity index (χ1v) is 5.61. The molecule has 1 N–H and O–H groups in total. The maximum Gasteiger partial charge on any atom is 0.0651 e. The number of pyridine rings is 1. The number of halogens is 1. The van der Waals surface area contributed by atoms with Crippen LogP contribution in [0.15, 0.2) is 36.7 Å². The minimum absolute atomic E-state index is 0. The SMILES string of the molecule is CC(C)c1ccc2c(c1)[nH]c1cnccc12.Cl. The Kier molecular flexibility index (Phi) is 3.07. The second-order valence-electron chi connectivity index (χ2n) is 4.51. The molecular formula is C14H15ClN2. The van der Waals surface area contributed by atoms with Crippen molar-refractivity contribution in [2.75, 3.05) is 0 Å². The molecule has 0 radical (unpaired) electrons. The maximum atomic E-state index is 4.13. The first-order valence-electron chi connectivity index (χ1n) is 5.61. The minimum atomic E-state index is 0. The van der Waals surface area contributed by atoms with Crippen LogP contribution in [0.4, 0.5) is 0 Å². The molecule has 0 atom stereocenters. The Labute approximate surface area is 106 Å². The number of aromatic nitrogens is 2. The number of aromatic amines is 1. The van der Waals surface area contributed by atoms with Crippen molar-refractivity contribution in [2.24, 2.45) is 0 Å². The number of nitrogens with zero attached hydrogens (tertiary/aromatic N) is 1. The van der Waals surface area contributed by atoms with E-state index in [9.17, 15) is 0 Å². The van der Waals surface area contributed by atoms with Gasteiger partial charge in [0.1, 0.15) is 0 Å². The van der Waals surface area contributed by atoms with Gasteiger partial charge in [0, 0.05) is 22.5 Å². The van der Waals surface area contributed by atoms with E-state index in [0.717, 1.165) is 5.52 Å². The molecule has 2 aromatic heterocycles. The lowest BCUT2D eigenvalue weighted by molar-refractivity contribution is 0.868. The van der Waals surface area contributed by atoms with E-state index in [2.05, 4.69) is 48.1 Å². The zero-order chi connectivity index (χ0) is 11.1. The second-order valence-corrected chi connectivity index (χ2v) is 4.51. The van der Waals surface area contributed by atoms with Gasteiger partial charge in [0.2, 0.25) is 0 Å². The van der Waals surface area contributed by atoms with Gasteiger partial charge in [-0.25, -0.2) is 0 Å². The number of H-pyrrole nitrogens is 1. The van der Waals surface area contributed by atoms with Crippen molar-refractivity contribution in [3.63, 3.8) is 0 Å². The van der Waals surface area contributed by atoms with E-state index in [1.807, 2.05) is 12.4 Å². The second kappa shape index (κ2) is 4.38. The van der Waals surface area contributed by atoms with Crippen molar-refractivity contribution in [1.82, 2.24) is 9.97 Å². The molecule has 0 fully saturated rings. The van der Waals surface area contributed by atoms with Crippen LogP contribution >= 0.6 is 12.4 Å². The molecule has 0 bridgehead atoms. The molecule has 0 saturated heterocycles. The summed E-state index contributed by atoms with van der Waals surface area (Å²) in [6, 6.07) is 8.70.